The maximum Gasteiger partial charge on any atom is 0.232 e. The molecular weight excluding hydrogens is 304 g/mol. The number of rotatable bonds is 2. The second-order valence-corrected chi connectivity index (χ2v) is 6.03. The van der Waals surface area contributed by atoms with Crippen LogP contribution < -0.4 is 21.3 Å². The summed E-state index contributed by atoms with van der Waals surface area (Å²) in [5.41, 5.74) is 0.994. The van der Waals surface area contributed by atoms with Crippen LogP contribution in [0, 0.1) is 5.92 Å². The summed E-state index contributed by atoms with van der Waals surface area (Å²) in [6.45, 7) is 4.71. The van der Waals surface area contributed by atoms with Crippen molar-refractivity contribution in [2.24, 2.45) is 5.92 Å². The van der Waals surface area contributed by atoms with Gasteiger partial charge in [-0.15, -0.1) is 0 Å². The van der Waals surface area contributed by atoms with Crippen LogP contribution in [-0.2, 0) is 16.0 Å². The summed E-state index contributed by atoms with van der Waals surface area (Å²) in [7, 11) is 0. The fourth-order valence-corrected chi connectivity index (χ4v) is 2.68. The van der Waals surface area contributed by atoms with E-state index in [2.05, 4.69) is 21.3 Å². The van der Waals surface area contributed by atoms with Crippen LogP contribution in [-0.4, -0.2) is 51.1 Å². The number of hydrogen-bond donors (Lipinski definition) is 4. The maximum atomic E-state index is 12.5. The molecule has 0 unspecified atom stereocenters. The fourth-order valence-electron chi connectivity index (χ4n) is 2.68. The van der Waals surface area contributed by atoms with Crippen molar-refractivity contribution in [2.75, 3.05) is 39.3 Å². The van der Waals surface area contributed by atoms with E-state index < -0.39 is 5.92 Å². The van der Waals surface area contributed by atoms with Gasteiger partial charge >= 0.3 is 0 Å². The van der Waals surface area contributed by atoms with E-state index in [-0.39, 0.29) is 11.8 Å². The van der Waals surface area contributed by atoms with Crippen molar-refractivity contribution in [3.63, 3.8) is 0 Å². The third-order valence-electron chi connectivity index (χ3n) is 4.05. The zero-order valence-corrected chi connectivity index (χ0v) is 14.1. The number of nitrogens with one attached hydrogen (secondary N) is 4. The lowest BCUT2D eigenvalue weighted by atomic mass is 9.97. The molecule has 1 heterocycles. The van der Waals surface area contributed by atoms with Crippen LogP contribution in [0.5, 0.6) is 0 Å². The molecule has 0 saturated carbocycles. The number of hydrogen-bond acceptors (Lipinski definition) is 4. The highest BCUT2D eigenvalue weighted by atomic mass is 16.2. The Morgan fingerprint density at radius 2 is 1.29 bits per heavy atom. The molecule has 0 bridgehead atoms. The smallest absolute Gasteiger partial charge is 0.232 e. The van der Waals surface area contributed by atoms with Crippen LogP contribution >= 0.6 is 0 Å². The molecule has 0 aliphatic carbocycles. The van der Waals surface area contributed by atoms with Crippen LogP contribution in [0.1, 0.15) is 18.4 Å². The predicted octanol–water partition coefficient (Wildman–Crippen LogP) is 0.0507. The Morgan fingerprint density at radius 1 is 0.750 bits per heavy atom. The van der Waals surface area contributed by atoms with Gasteiger partial charge in [-0.3, -0.25) is 9.59 Å². The molecular formula is C18H28N4O2. The predicted molar refractivity (Wildman–Crippen MR) is 94.6 cm³/mol. The van der Waals surface area contributed by atoms with Crippen molar-refractivity contribution in [2.45, 2.75) is 19.3 Å². The van der Waals surface area contributed by atoms with Gasteiger partial charge in [-0.05, 0) is 37.9 Å². The van der Waals surface area contributed by atoms with Crippen LogP contribution in [0.2, 0.25) is 0 Å². The van der Waals surface area contributed by atoms with Gasteiger partial charge in [0, 0.05) is 26.2 Å². The van der Waals surface area contributed by atoms with Gasteiger partial charge in [-0.25, -0.2) is 0 Å². The first-order valence-electron chi connectivity index (χ1n) is 8.78. The summed E-state index contributed by atoms with van der Waals surface area (Å²) in [5.74, 6) is -1.06. The Labute approximate surface area is 143 Å². The highest BCUT2D eigenvalue weighted by molar-refractivity contribution is 6.00. The molecule has 6 nitrogen and oxygen atoms in total. The van der Waals surface area contributed by atoms with Crippen molar-refractivity contribution in [1.82, 2.24) is 21.3 Å². The van der Waals surface area contributed by atoms with Gasteiger partial charge in [0.15, 0.2) is 0 Å². The molecule has 24 heavy (non-hydrogen) atoms. The molecule has 0 atom stereocenters. The first-order chi connectivity index (χ1) is 11.8. The second kappa shape index (κ2) is 10.8. The van der Waals surface area contributed by atoms with Gasteiger partial charge in [0.1, 0.15) is 5.92 Å². The van der Waals surface area contributed by atoms with E-state index >= 15 is 0 Å². The van der Waals surface area contributed by atoms with E-state index in [9.17, 15) is 9.59 Å². The van der Waals surface area contributed by atoms with Crippen molar-refractivity contribution >= 4 is 11.8 Å². The summed E-state index contributed by atoms with van der Waals surface area (Å²) in [5, 5.41) is 12.5. The van der Waals surface area contributed by atoms with E-state index in [1.807, 2.05) is 30.3 Å². The molecule has 0 radical (unpaired) electrons. The largest absolute Gasteiger partial charge is 0.355 e. The number of amides is 2. The molecule has 1 aromatic carbocycles. The minimum atomic E-state index is -0.682. The van der Waals surface area contributed by atoms with E-state index in [1.165, 1.54) is 0 Å². The minimum absolute atomic E-state index is 0.190. The van der Waals surface area contributed by atoms with Crippen molar-refractivity contribution in [3.8, 4) is 0 Å². The lowest BCUT2D eigenvalue weighted by molar-refractivity contribution is -0.135. The lowest BCUT2D eigenvalue weighted by Gasteiger charge is -2.17. The zero-order valence-electron chi connectivity index (χ0n) is 14.1. The Morgan fingerprint density at radius 3 is 1.83 bits per heavy atom. The molecule has 1 aromatic rings. The molecule has 0 aromatic heterocycles. The normalized spacial score (nSPS) is 19.7. The van der Waals surface area contributed by atoms with E-state index in [0.717, 1.165) is 44.6 Å². The molecule has 0 spiro atoms. The molecule has 2 amide bonds. The monoisotopic (exact) mass is 332 g/mol. The summed E-state index contributed by atoms with van der Waals surface area (Å²) in [6, 6.07) is 9.68. The van der Waals surface area contributed by atoms with E-state index in [4.69, 9.17) is 0 Å². The molecule has 6 heteroatoms. The number of carbonyl (C=O) groups excluding carboxylic acids is 2. The SMILES string of the molecule is O=C1NCCCNCCNCCCNC(=O)C1Cc1ccccc1. The molecule has 1 saturated heterocycles. The van der Waals surface area contributed by atoms with Gasteiger partial charge < -0.3 is 21.3 Å². The van der Waals surface area contributed by atoms with Gasteiger partial charge in [0.25, 0.3) is 0 Å². The Balaban J connectivity index is 1.98. The van der Waals surface area contributed by atoms with Crippen molar-refractivity contribution in [1.29, 1.82) is 0 Å². The minimum Gasteiger partial charge on any atom is -0.355 e. The maximum absolute atomic E-state index is 12.5. The lowest BCUT2D eigenvalue weighted by Crippen LogP contribution is -2.43. The molecule has 4 N–H and O–H groups in total. The quantitative estimate of drug-likeness (QED) is 0.577. The standard InChI is InChI=1S/C18H28N4O2/c23-17-16(14-15-6-2-1-3-7-15)18(24)22-11-5-9-20-13-12-19-8-4-10-21-17/h1-3,6-7,16,19-20H,4-5,8-14H2,(H,21,23)(H,22,24). The zero-order chi connectivity index (χ0) is 17.0. The van der Waals surface area contributed by atoms with E-state index in [1.54, 1.807) is 0 Å². The average Bonchev–Trinajstić information content (AvgIpc) is 2.61. The third kappa shape index (κ3) is 6.68. The van der Waals surface area contributed by atoms with Crippen LogP contribution in [0.25, 0.3) is 0 Å². The Bertz CT molecular complexity index is 481. The number of carbonyl (C=O) groups is 2. The van der Waals surface area contributed by atoms with Gasteiger partial charge in [0.2, 0.25) is 11.8 Å². The van der Waals surface area contributed by atoms with E-state index in [0.29, 0.717) is 19.5 Å². The summed E-state index contributed by atoms with van der Waals surface area (Å²) >= 11 is 0. The topological polar surface area (TPSA) is 82.3 Å². The molecule has 1 fully saturated rings. The second-order valence-electron chi connectivity index (χ2n) is 6.03. The molecule has 2 rings (SSSR count). The van der Waals surface area contributed by atoms with Crippen LogP contribution in [0.3, 0.4) is 0 Å². The number of benzene rings is 1. The highest BCUT2D eigenvalue weighted by Gasteiger charge is 2.26. The van der Waals surface area contributed by atoms with Crippen LogP contribution in [0.15, 0.2) is 30.3 Å². The molecule has 132 valence electrons. The highest BCUT2D eigenvalue weighted by Crippen LogP contribution is 2.10. The van der Waals surface area contributed by atoms with Gasteiger partial charge in [-0.1, -0.05) is 30.3 Å². The van der Waals surface area contributed by atoms with Gasteiger partial charge in [-0.2, -0.15) is 0 Å². The summed E-state index contributed by atoms with van der Waals surface area (Å²) < 4.78 is 0. The molecule has 1 aliphatic rings. The van der Waals surface area contributed by atoms with Gasteiger partial charge in [0.05, 0.1) is 0 Å². The Hall–Kier alpha value is -1.92. The van der Waals surface area contributed by atoms with Crippen molar-refractivity contribution in [3.05, 3.63) is 35.9 Å². The summed E-state index contributed by atoms with van der Waals surface area (Å²) in [6.07, 6.45) is 2.13. The average molecular weight is 332 g/mol. The fraction of sp³-hybridized carbons (Fsp3) is 0.556. The van der Waals surface area contributed by atoms with Crippen molar-refractivity contribution < 1.29 is 9.59 Å². The first-order valence-corrected chi connectivity index (χ1v) is 8.78. The third-order valence-corrected chi connectivity index (χ3v) is 4.05. The van der Waals surface area contributed by atoms with Crippen LogP contribution in [0.4, 0.5) is 0 Å². The molecule has 1 aliphatic heterocycles. The Kier molecular flexibility index (Phi) is 8.27. The first kappa shape index (κ1) is 18.4. The summed E-state index contributed by atoms with van der Waals surface area (Å²) in [4.78, 5) is 24.9.